The van der Waals surface area contributed by atoms with E-state index in [9.17, 15) is 16.8 Å². The molecule has 0 aliphatic carbocycles. The van der Waals surface area contributed by atoms with Gasteiger partial charge in [0.1, 0.15) is 4.21 Å². The predicted octanol–water partition coefficient (Wildman–Crippen LogP) is 2.16. The summed E-state index contributed by atoms with van der Waals surface area (Å²) in [6.45, 7) is 2.62. The van der Waals surface area contributed by atoms with Gasteiger partial charge in [0.2, 0.25) is 0 Å². The summed E-state index contributed by atoms with van der Waals surface area (Å²) in [5.41, 5.74) is 1.02. The molecule has 2 aliphatic heterocycles. The first kappa shape index (κ1) is 20.2. The lowest BCUT2D eigenvalue weighted by Gasteiger charge is -2.40. The Balaban J connectivity index is 1.53. The molecule has 0 unspecified atom stereocenters. The van der Waals surface area contributed by atoms with E-state index in [1.165, 1.54) is 0 Å². The molecule has 152 valence electrons. The van der Waals surface area contributed by atoms with Crippen molar-refractivity contribution >= 4 is 48.3 Å². The van der Waals surface area contributed by atoms with Gasteiger partial charge in [-0.2, -0.15) is 0 Å². The minimum atomic E-state index is -3.67. The smallest absolute Gasteiger partial charge is 0.193 e. The zero-order valence-corrected chi connectivity index (χ0v) is 18.3. The highest BCUT2D eigenvalue weighted by Gasteiger charge is 2.48. The highest BCUT2D eigenvalue weighted by molar-refractivity contribution is 7.97. The molecule has 1 aromatic carbocycles. The van der Waals surface area contributed by atoms with E-state index in [-0.39, 0.29) is 15.7 Å². The van der Waals surface area contributed by atoms with Crippen LogP contribution >= 0.6 is 22.9 Å². The van der Waals surface area contributed by atoms with E-state index >= 15 is 0 Å². The van der Waals surface area contributed by atoms with Crippen molar-refractivity contribution in [1.29, 1.82) is 0 Å². The van der Waals surface area contributed by atoms with E-state index < -0.39 is 31.0 Å². The Bertz CT molecular complexity index is 1050. The predicted molar refractivity (Wildman–Crippen MR) is 113 cm³/mol. The van der Waals surface area contributed by atoms with Crippen LogP contribution in [0.1, 0.15) is 0 Å². The molecule has 0 amide bonds. The standard InChI is InChI=1S/C18H21ClN2O4S3/c19-14-3-1-4-15(11-14)20-6-8-21(9-7-20)16-12-27(22,23)13-17(16)28(24,25)18-5-2-10-26-18/h1-5,10-11,16-17H,6-9,12-13H2/t16-,17-/m0/s1. The van der Waals surface area contributed by atoms with Gasteiger partial charge in [-0.15, -0.1) is 11.3 Å². The lowest BCUT2D eigenvalue weighted by molar-refractivity contribution is 0.202. The topological polar surface area (TPSA) is 74.8 Å². The van der Waals surface area contributed by atoms with Crippen LogP contribution in [0.4, 0.5) is 5.69 Å². The molecule has 28 heavy (non-hydrogen) atoms. The van der Waals surface area contributed by atoms with Crippen molar-refractivity contribution in [2.75, 3.05) is 42.6 Å². The molecular weight excluding hydrogens is 440 g/mol. The minimum absolute atomic E-state index is 0.0978. The second kappa shape index (κ2) is 7.60. The number of thiophene rings is 1. The molecule has 2 aromatic rings. The molecule has 0 bridgehead atoms. The van der Waals surface area contributed by atoms with E-state index in [4.69, 9.17) is 11.6 Å². The molecule has 6 nitrogen and oxygen atoms in total. The Morgan fingerprint density at radius 1 is 1.04 bits per heavy atom. The molecule has 0 radical (unpaired) electrons. The van der Waals surface area contributed by atoms with Crippen molar-refractivity contribution in [3.63, 3.8) is 0 Å². The molecule has 2 aliphatic rings. The van der Waals surface area contributed by atoms with Gasteiger partial charge in [-0.25, -0.2) is 16.8 Å². The molecule has 10 heteroatoms. The summed E-state index contributed by atoms with van der Waals surface area (Å²) >= 11 is 7.22. The molecule has 1 aromatic heterocycles. The van der Waals surface area contributed by atoms with E-state index in [1.807, 2.05) is 29.2 Å². The number of sulfone groups is 2. The fraction of sp³-hybridized carbons (Fsp3) is 0.444. The normalized spacial score (nSPS) is 25.8. The second-order valence-electron chi connectivity index (χ2n) is 7.16. The van der Waals surface area contributed by atoms with Gasteiger partial charge >= 0.3 is 0 Å². The lowest BCUT2D eigenvalue weighted by atomic mass is 10.1. The van der Waals surface area contributed by atoms with Crippen molar-refractivity contribution in [3.8, 4) is 0 Å². The third-order valence-corrected chi connectivity index (χ3v) is 11.2. The van der Waals surface area contributed by atoms with Crippen LogP contribution in [0.15, 0.2) is 46.0 Å². The van der Waals surface area contributed by atoms with Gasteiger partial charge in [0, 0.05) is 42.9 Å². The van der Waals surface area contributed by atoms with Gasteiger partial charge < -0.3 is 4.90 Å². The molecule has 2 saturated heterocycles. The number of benzene rings is 1. The summed E-state index contributed by atoms with van der Waals surface area (Å²) in [4.78, 5) is 4.22. The summed E-state index contributed by atoms with van der Waals surface area (Å²) < 4.78 is 51.0. The van der Waals surface area contributed by atoms with Crippen LogP contribution in [-0.4, -0.2) is 70.7 Å². The van der Waals surface area contributed by atoms with Crippen LogP contribution in [0.3, 0.4) is 0 Å². The van der Waals surface area contributed by atoms with Crippen LogP contribution in [0.2, 0.25) is 5.02 Å². The molecule has 0 spiro atoms. The molecule has 2 atom stereocenters. The first-order valence-electron chi connectivity index (χ1n) is 8.99. The zero-order chi connectivity index (χ0) is 19.9. The fourth-order valence-electron chi connectivity index (χ4n) is 3.99. The van der Waals surface area contributed by atoms with Gasteiger partial charge in [0.25, 0.3) is 0 Å². The number of nitrogens with zero attached hydrogens (tertiary/aromatic N) is 2. The highest BCUT2D eigenvalue weighted by atomic mass is 35.5. The van der Waals surface area contributed by atoms with Crippen LogP contribution in [0.25, 0.3) is 0 Å². The van der Waals surface area contributed by atoms with E-state index in [0.29, 0.717) is 31.2 Å². The van der Waals surface area contributed by atoms with Crippen LogP contribution in [0, 0.1) is 0 Å². The summed E-state index contributed by atoms with van der Waals surface area (Å²) in [7, 11) is -7.06. The van der Waals surface area contributed by atoms with E-state index in [2.05, 4.69) is 4.90 Å². The molecule has 0 saturated carbocycles. The quantitative estimate of drug-likeness (QED) is 0.696. The first-order chi connectivity index (χ1) is 13.3. The van der Waals surface area contributed by atoms with E-state index in [1.54, 1.807) is 17.5 Å². The maximum atomic E-state index is 13.1. The summed E-state index contributed by atoms with van der Waals surface area (Å²) in [5.74, 6) is -0.397. The van der Waals surface area contributed by atoms with Crippen molar-refractivity contribution < 1.29 is 16.8 Å². The zero-order valence-electron chi connectivity index (χ0n) is 15.1. The minimum Gasteiger partial charge on any atom is -0.369 e. The molecule has 2 fully saturated rings. The van der Waals surface area contributed by atoms with Gasteiger partial charge in [-0.1, -0.05) is 23.7 Å². The SMILES string of the molecule is O=S1(=O)C[C@H](N2CCN(c3cccc(Cl)c3)CC2)[C@@H](S(=O)(=O)c2cccs2)C1. The molecular formula is C18H21ClN2O4S3. The molecule has 3 heterocycles. The van der Waals surface area contributed by atoms with Crippen LogP contribution in [0.5, 0.6) is 0 Å². The number of halogens is 1. The van der Waals surface area contributed by atoms with Crippen molar-refractivity contribution in [3.05, 3.63) is 46.8 Å². The van der Waals surface area contributed by atoms with Crippen LogP contribution in [-0.2, 0) is 19.7 Å². The van der Waals surface area contributed by atoms with Crippen molar-refractivity contribution in [2.45, 2.75) is 15.5 Å². The van der Waals surface area contributed by atoms with Crippen LogP contribution < -0.4 is 4.90 Å². The molecule has 4 rings (SSSR count). The first-order valence-corrected chi connectivity index (χ1v) is 13.6. The summed E-state index contributed by atoms with van der Waals surface area (Å²) in [6.07, 6.45) is 0. The van der Waals surface area contributed by atoms with Crippen molar-refractivity contribution in [2.24, 2.45) is 0 Å². The average molecular weight is 461 g/mol. The summed E-state index contributed by atoms with van der Waals surface area (Å²) in [6, 6.07) is 10.4. The number of hydrogen-bond acceptors (Lipinski definition) is 7. The van der Waals surface area contributed by atoms with Gasteiger partial charge in [-0.3, -0.25) is 4.90 Å². The Morgan fingerprint density at radius 2 is 1.79 bits per heavy atom. The van der Waals surface area contributed by atoms with Gasteiger partial charge in [0.05, 0.1) is 16.8 Å². The Hall–Kier alpha value is -1.13. The average Bonchev–Trinajstić information content (AvgIpc) is 3.30. The maximum Gasteiger partial charge on any atom is 0.193 e. The Kier molecular flexibility index (Phi) is 5.47. The molecule has 0 N–H and O–H groups in total. The monoisotopic (exact) mass is 460 g/mol. The Morgan fingerprint density at radius 3 is 2.43 bits per heavy atom. The fourth-order valence-corrected chi connectivity index (χ4v) is 10.2. The maximum absolute atomic E-state index is 13.1. The largest absolute Gasteiger partial charge is 0.369 e. The van der Waals surface area contributed by atoms with Gasteiger partial charge in [-0.05, 0) is 29.6 Å². The number of rotatable bonds is 4. The number of piperazine rings is 1. The van der Waals surface area contributed by atoms with Gasteiger partial charge in [0.15, 0.2) is 19.7 Å². The second-order valence-corrected chi connectivity index (χ2v) is 13.1. The highest BCUT2D eigenvalue weighted by Crippen LogP contribution is 2.32. The van der Waals surface area contributed by atoms with Crippen molar-refractivity contribution in [1.82, 2.24) is 4.90 Å². The van der Waals surface area contributed by atoms with E-state index in [0.717, 1.165) is 17.0 Å². The third-order valence-electron chi connectivity index (χ3n) is 5.40. The lowest BCUT2D eigenvalue weighted by Crippen LogP contribution is -2.54. The third kappa shape index (κ3) is 3.95. The Labute approximate surface area is 174 Å². The number of hydrogen-bond donors (Lipinski definition) is 0. The summed E-state index contributed by atoms with van der Waals surface area (Å²) in [5, 5.41) is 1.47. The number of anilines is 1.